The second kappa shape index (κ2) is 10.6. The normalized spacial score (nSPS) is 25.7. The SMILES string of the molecule is O=C(NCC[C@@H]1CC[C@H](NS(=O)(=O)c2cccc(F)c2)[C@@H](CO)O1)C1CCOCC1. The van der Waals surface area contributed by atoms with Crippen LogP contribution in [0.25, 0.3) is 0 Å². The van der Waals surface area contributed by atoms with Crippen LogP contribution in [0.4, 0.5) is 4.39 Å². The highest BCUT2D eigenvalue weighted by molar-refractivity contribution is 7.89. The quantitative estimate of drug-likeness (QED) is 0.550. The van der Waals surface area contributed by atoms with Crippen molar-refractivity contribution in [3.05, 3.63) is 30.1 Å². The molecule has 10 heteroatoms. The summed E-state index contributed by atoms with van der Waals surface area (Å²) in [6, 6.07) is 4.15. The lowest BCUT2D eigenvalue weighted by molar-refractivity contribution is -0.128. The van der Waals surface area contributed by atoms with Gasteiger partial charge in [0.05, 0.1) is 29.8 Å². The average molecular weight is 445 g/mol. The van der Waals surface area contributed by atoms with Gasteiger partial charge in [-0.25, -0.2) is 17.5 Å². The van der Waals surface area contributed by atoms with Crippen LogP contribution >= 0.6 is 0 Å². The Balaban J connectivity index is 1.48. The van der Waals surface area contributed by atoms with E-state index < -0.39 is 28.0 Å². The number of hydrogen-bond acceptors (Lipinski definition) is 6. The number of ether oxygens (including phenoxy) is 2. The van der Waals surface area contributed by atoms with E-state index in [1.54, 1.807) is 0 Å². The summed E-state index contributed by atoms with van der Waals surface area (Å²) in [5.74, 6) is -0.634. The largest absolute Gasteiger partial charge is 0.394 e. The first-order valence-electron chi connectivity index (χ1n) is 10.3. The highest BCUT2D eigenvalue weighted by Crippen LogP contribution is 2.24. The summed E-state index contributed by atoms with van der Waals surface area (Å²) >= 11 is 0. The zero-order chi connectivity index (χ0) is 21.6. The Morgan fingerprint density at radius 1 is 1.20 bits per heavy atom. The third-order valence-corrected chi connectivity index (χ3v) is 7.05. The number of hydrogen-bond donors (Lipinski definition) is 3. The van der Waals surface area contributed by atoms with Gasteiger partial charge in [0.1, 0.15) is 5.82 Å². The fraction of sp³-hybridized carbons (Fsp3) is 0.650. The van der Waals surface area contributed by atoms with Crippen molar-refractivity contribution in [3.63, 3.8) is 0 Å². The van der Waals surface area contributed by atoms with E-state index in [-0.39, 0.29) is 29.4 Å². The summed E-state index contributed by atoms with van der Waals surface area (Å²) in [4.78, 5) is 12.0. The van der Waals surface area contributed by atoms with Crippen LogP contribution in [-0.4, -0.2) is 64.0 Å². The van der Waals surface area contributed by atoms with E-state index in [9.17, 15) is 22.7 Å². The first kappa shape index (κ1) is 23.1. The van der Waals surface area contributed by atoms with Crippen molar-refractivity contribution in [3.8, 4) is 0 Å². The number of amides is 1. The van der Waals surface area contributed by atoms with Crippen LogP contribution < -0.4 is 10.0 Å². The van der Waals surface area contributed by atoms with Crippen molar-refractivity contribution in [2.24, 2.45) is 5.92 Å². The lowest BCUT2D eigenvalue weighted by Gasteiger charge is -2.36. The maximum absolute atomic E-state index is 13.4. The van der Waals surface area contributed by atoms with Gasteiger partial charge >= 0.3 is 0 Å². The first-order valence-corrected chi connectivity index (χ1v) is 11.8. The molecule has 3 N–H and O–H groups in total. The number of nitrogens with one attached hydrogen (secondary N) is 2. The molecule has 0 aromatic heterocycles. The fourth-order valence-electron chi connectivity index (χ4n) is 3.84. The minimum absolute atomic E-state index is 0.0159. The van der Waals surface area contributed by atoms with Gasteiger partial charge in [-0.15, -0.1) is 0 Å². The number of aliphatic hydroxyl groups is 1. The van der Waals surface area contributed by atoms with Gasteiger partial charge in [-0.1, -0.05) is 6.07 Å². The second-order valence-corrected chi connectivity index (χ2v) is 9.42. The van der Waals surface area contributed by atoms with Crippen LogP contribution in [0.3, 0.4) is 0 Å². The first-order chi connectivity index (χ1) is 14.4. The molecule has 30 heavy (non-hydrogen) atoms. The third-order valence-electron chi connectivity index (χ3n) is 5.57. The van der Waals surface area contributed by atoms with Crippen LogP contribution in [-0.2, 0) is 24.3 Å². The lowest BCUT2D eigenvalue weighted by Crippen LogP contribution is -2.51. The predicted octanol–water partition coefficient (Wildman–Crippen LogP) is 0.945. The van der Waals surface area contributed by atoms with Crippen LogP contribution in [0.5, 0.6) is 0 Å². The molecule has 0 radical (unpaired) electrons. The summed E-state index contributed by atoms with van der Waals surface area (Å²) in [5.41, 5.74) is 0. The van der Waals surface area contributed by atoms with Crippen LogP contribution in [0.2, 0.25) is 0 Å². The highest BCUT2D eigenvalue weighted by Gasteiger charge is 2.34. The fourth-order valence-corrected chi connectivity index (χ4v) is 5.17. The van der Waals surface area contributed by atoms with Gasteiger partial charge < -0.3 is 19.9 Å². The molecule has 0 aliphatic carbocycles. The van der Waals surface area contributed by atoms with Gasteiger partial charge in [-0.3, -0.25) is 4.79 Å². The van der Waals surface area contributed by atoms with Crippen molar-refractivity contribution in [2.45, 2.75) is 55.2 Å². The molecule has 1 aromatic rings. The number of rotatable bonds is 8. The number of carbonyl (C=O) groups is 1. The zero-order valence-electron chi connectivity index (χ0n) is 16.8. The number of halogens is 1. The molecule has 3 atom stereocenters. The molecule has 3 rings (SSSR count). The number of aliphatic hydroxyl groups excluding tert-OH is 1. The third kappa shape index (κ3) is 6.21. The van der Waals surface area contributed by atoms with Crippen molar-refractivity contribution >= 4 is 15.9 Å². The zero-order valence-corrected chi connectivity index (χ0v) is 17.6. The minimum Gasteiger partial charge on any atom is -0.394 e. The molecule has 168 valence electrons. The van der Waals surface area contributed by atoms with Crippen LogP contribution in [0.1, 0.15) is 32.1 Å². The summed E-state index contributed by atoms with van der Waals surface area (Å²) in [5, 5.41) is 12.6. The molecule has 2 aliphatic heterocycles. The monoisotopic (exact) mass is 444 g/mol. The molecule has 2 aliphatic rings. The molecular formula is C20H29FN2O6S. The van der Waals surface area contributed by atoms with E-state index in [1.807, 2.05) is 0 Å². The number of sulfonamides is 1. The van der Waals surface area contributed by atoms with Gasteiger partial charge in [0.25, 0.3) is 0 Å². The Morgan fingerprint density at radius 3 is 2.67 bits per heavy atom. The van der Waals surface area contributed by atoms with E-state index in [2.05, 4.69) is 10.0 Å². The second-order valence-electron chi connectivity index (χ2n) is 7.71. The molecule has 0 bridgehead atoms. The molecule has 2 heterocycles. The Bertz CT molecular complexity index is 815. The Labute approximate surface area is 176 Å². The smallest absolute Gasteiger partial charge is 0.241 e. The molecule has 1 aromatic carbocycles. The van der Waals surface area contributed by atoms with Crippen molar-refractivity contribution < 1.29 is 32.2 Å². The van der Waals surface area contributed by atoms with Crippen molar-refractivity contribution in [2.75, 3.05) is 26.4 Å². The van der Waals surface area contributed by atoms with E-state index in [1.165, 1.54) is 18.2 Å². The summed E-state index contributed by atoms with van der Waals surface area (Å²) in [6.07, 6.45) is 2.19. The van der Waals surface area contributed by atoms with E-state index in [4.69, 9.17) is 9.47 Å². The number of carbonyl (C=O) groups excluding carboxylic acids is 1. The minimum atomic E-state index is -3.93. The molecule has 0 saturated carbocycles. The van der Waals surface area contributed by atoms with E-state index in [0.29, 0.717) is 39.0 Å². The van der Waals surface area contributed by atoms with E-state index in [0.717, 1.165) is 18.9 Å². The van der Waals surface area contributed by atoms with Gasteiger partial charge in [0, 0.05) is 25.7 Å². The molecule has 0 unspecified atom stereocenters. The molecular weight excluding hydrogens is 415 g/mol. The molecule has 0 spiro atoms. The summed E-state index contributed by atoms with van der Waals surface area (Å²) < 4.78 is 52.1. The van der Waals surface area contributed by atoms with Gasteiger partial charge in [-0.2, -0.15) is 0 Å². The van der Waals surface area contributed by atoms with Gasteiger partial charge in [0.2, 0.25) is 15.9 Å². The molecule has 8 nitrogen and oxygen atoms in total. The van der Waals surface area contributed by atoms with Crippen LogP contribution in [0, 0.1) is 11.7 Å². The molecule has 2 fully saturated rings. The average Bonchev–Trinajstić information content (AvgIpc) is 2.75. The van der Waals surface area contributed by atoms with Gasteiger partial charge in [-0.05, 0) is 50.3 Å². The predicted molar refractivity (Wildman–Crippen MR) is 107 cm³/mol. The Kier molecular flexibility index (Phi) is 8.18. The highest BCUT2D eigenvalue weighted by atomic mass is 32.2. The van der Waals surface area contributed by atoms with Gasteiger partial charge in [0.15, 0.2) is 0 Å². The summed E-state index contributed by atoms with van der Waals surface area (Å²) in [6.45, 7) is 1.32. The van der Waals surface area contributed by atoms with E-state index >= 15 is 0 Å². The van der Waals surface area contributed by atoms with Crippen molar-refractivity contribution in [1.82, 2.24) is 10.0 Å². The lowest BCUT2D eigenvalue weighted by atomic mass is 9.97. The summed E-state index contributed by atoms with van der Waals surface area (Å²) in [7, 11) is -3.93. The Morgan fingerprint density at radius 2 is 1.97 bits per heavy atom. The topological polar surface area (TPSA) is 114 Å². The van der Waals surface area contributed by atoms with Crippen molar-refractivity contribution in [1.29, 1.82) is 0 Å². The maximum Gasteiger partial charge on any atom is 0.241 e. The molecule has 1 amide bonds. The standard InChI is InChI=1S/C20H29FN2O6S/c21-15-2-1-3-17(12-15)30(26,27)23-18-5-4-16(29-19(18)13-24)6-9-22-20(25)14-7-10-28-11-8-14/h1-3,12,14,16,18-19,23-24H,4-11,13H2,(H,22,25)/t16-,18-,19+/m0/s1. The van der Waals surface area contributed by atoms with Crippen LogP contribution in [0.15, 0.2) is 29.2 Å². The Hall–Kier alpha value is -1.59. The molecule has 2 saturated heterocycles. The number of benzene rings is 1. The maximum atomic E-state index is 13.4.